The lowest BCUT2D eigenvalue weighted by Gasteiger charge is -2.14. The molecule has 0 saturated carbocycles. The van der Waals surface area contributed by atoms with E-state index in [1.54, 1.807) is 24.3 Å². The summed E-state index contributed by atoms with van der Waals surface area (Å²) in [5.41, 5.74) is 0.371. The minimum absolute atomic E-state index is 0.0134. The van der Waals surface area contributed by atoms with Crippen molar-refractivity contribution in [2.75, 3.05) is 7.11 Å². The molecule has 3 heterocycles. The number of furan rings is 1. The quantitative estimate of drug-likeness (QED) is 0.195. The van der Waals surface area contributed by atoms with Gasteiger partial charge in [0, 0.05) is 10.4 Å². The number of fused-ring (bicyclic) bond motifs is 1. The molecule has 0 N–H and O–H groups in total. The number of hydrogen-bond acceptors (Lipinski definition) is 7. The maximum Gasteiger partial charge on any atom is 0.416 e. The van der Waals surface area contributed by atoms with Crippen molar-refractivity contribution in [2.45, 2.75) is 19.3 Å². The summed E-state index contributed by atoms with van der Waals surface area (Å²) < 4.78 is 51.9. The number of ether oxygens (including phenoxy) is 1. The van der Waals surface area contributed by atoms with Crippen LogP contribution in [0, 0.1) is 0 Å². The van der Waals surface area contributed by atoms with Gasteiger partial charge >= 0.3 is 12.1 Å². The fourth-order valence-corrected chi connectivity index (χ4v) is 5.06. The van der Waals surface area contributed by atoms with Crippen LogP contribution < -0.4 is 0 Å². The lowest BCUT2D eigenvalue weighted by Crippen LogP contribution is -2.27. The van der Waals surface area contributed by atoms with E-state index in [1.165, 1.54) is 42.3 Å². The first-order valence-electron chi connectivity index (χ1n) is 11.3. The summed E-state index contributed by atoms with van der Waals surface area (Å²) in [4.78, 5) is 38.1. The van der Waals surface area contributed by atoms with Gasteiger partial charge in [-0.15, -0.1) is 0 Å². The second-order valence-corrected chi connectivity index (χ2v) is 9.87. The minimum atomic E-state index is -4.57. The van der Waals surface area contributed by atoms with Gasteiger partial charge in [-0.25, -0.2) is 4.79 Å². The van der Waals surface area contributed by atoms with Crippen LogP contribution in [0.1, 0.15) is 33.0 Å². The molecule has 0 aliphatic carbocycles. The maximum absolute atomic E-state index is 13.5. The van der Waals surface area contributed by atoms with E-state index in [0.717, 1.165) is 22.7 Å². The second kappa shape index (κ2) is 10.3. The van der Waals surface area contributed by atoms with E-state index in [4.69, 9.17) is 16.0 Å². The van der Waals surface area contributed by atoms with Crippen LogP contribution >= 0.6 is 23.4 Å². The van der Waals surface area contributed by atoms with Crippen molar-refractivity contribution in [3.8, 4) is 0 Å². The Morgan fingerprint density at radius 3 is 2.67 bits per heavy atom. The van der Waals surface area contributed by atoms with Gasteiger partial charge in [-0.05, 0) is 65.4 Å². The first-order chi connectivity index (χ1) is 18.5. The number of imide groups is 1. The fraction of sp³-hybridized carbons (Fsp3) is 0.154. The average Bonchev–Trinajstić information content (AvgIpc) is 3.59. The summed E-state index contributed by atoms with van der Waals surface area (Å²) in [6, 6.07) is 11.5. The number of alkyl halides is 3. The SMILES string of the molecule is COC(=O)c1ccc(CN2C(=O)S/C(=C\c3ccc4c(cnn4Cc4ccc(Cl)cc4C(F)(F)F)c3)C2=O)o1. The predicted molar refractivity (Wildman–Crippen MR) is 137 cm³/mol. The molecular formula is C26H17ClF3N3O5S. The molecule has 1 fully saturated rings. The van der Waals surface area contributed by atoms with Gasteiger partial charge in [-0.1, -0.05) is 23.7 Å². The van der Waals surface area contributed by atoms with Crippen molar-refractivity contribution in [3.05, 3.63) is 92.9 Å². The van der Waals surface area contributed by atoms with E-state index in [-0.39, 0.29) is 40.1 Å². The Hall–Kier alpha value is -4.03. The molecule has 0 radical (unpaired) electrons. The zero-order chi connectivity index (χ0) is 27.9. The highest BCUT2D eigenvalue weighted by molar-refractivity contribution is 8.18. The molecule has 1 aliphatic rings. The largest absolute Gasteiger partial charge is 0.463 e. The second-order valence-electron chi connectivity index (χ2n) is 8.45. The molecule has 39 heavy (non-hydrogen) atoms. The van der Waals surface area contributed by atoms with Crippen LogP contribution in [0.2, 0.25) is 5.02 Å². The Morgan fingerprint density at radius 1 is 1.13 bits per heavy atom. The smallest absolute Gasteiger partial charge is 0.416 e. The van der Waals surface area contributed by atoms with E-state index in [2.05, 4.69) is 9.84 Å². The monoisotopic (exact) mass is 575 g/mol. The number of nitrogens with zero attached hydrogens (tertiary/aromatic N) is 3. The number of benzene rings is 2. The van der Waals surface area contributed by atoms with Gasteiger partial charge in [0.05, 0.1) is 42.4 Å². The minimum Gasteiger partial charge on any atom is -0.463 e. The standard InChI is InChI=1S/C26H17ClF3N3O5S/c1-37-24(35)21-7-5-18(38-21)13-32-23(34)22(39-25(32)36)9-14-2-6-20-16(8-14)11-31-33(20)12-15-3-4-17(27)10-19(15)26(28,29)30/h2-11H,12-13H2,1H3/b22-9-. The summed E-state index contributed by atoms with van der Waals surface area (Å²) in [5.74, 6) is -1.01. The molecule has 1 saturated heterocycles. The molecule has 2 aromatic carbocycles. The molecular weight excluding hydrogens is 559 g/mol. The van der Waals surface area contributed by atoms with Gasteiger partial charge in [-0.2, -0.15) is 18.3 Å². The number of rotatable bonds is 6. The molecule has 2 aromatic heterocycles. The first-order valence-corrected chi connectivity index (χ1v) is 12.5. The number of amides is 2. The molecule has 13 heteroatoms. The highest BCUT2D eigenvalue weighted by Gasteiger charge is 2.36. The van der Waals surface area contributed by atoms with E-state index >= 15 is 0 Å². The highest BCUT2D eigenvalue weighted by atomic mass is 35.5. The van der Waals surface area contributed by atoms with Crippen molar-refractivity contribution >= 4 is 57.5 Å². The Balaban J connectivity index is 1.35. The molecule has 0 bridgehead atoms. The molecule has 8 nitrogen and oxygen atoms in total. The highest BCUT2D eigenvalue weighted by Crippen LogP contribution is 2.36. The number of carbonyl (C=O) groups is 3. The van der Waals surface area contributed by atoms with Crippen molar-refractivity contribution in [2.24, 2.45) is 0 Å². The summed E-state index contributed by atoms with van der Waals surface area (Å²) >= 11 is 6.53. The van der Waals surface area contributed by atoms with Gasteiger partial charge in [0.1, 0.15) is 5.76 Å². The number of carbonyl (C=O) groups excluding carboxylic acids is 3. The van der Waals surface area contributed by atoms with Gasteiger partial charge in [0.25, 0.3) is 11.1 Å². The number of aromatic nitrogens is 2. The Bertz CT molecular complexity index is 1660. The molecule has 5 rings (SSSR count). The van der Waals surface area contributed by atoms with Crippen LogP contribution in [-0.4, -0.2) is 38.9 Å². The third-order valence-electron chi connectivity index (χ3n) is 5.90. The van der Waals surface area contributed by atoms with Crippen LogP contribution in [0.5, 0.6) is 0 Å². The third-order valence-corrected chi connectivity index (χ3v) is 7.04. The van der Waals surface area contributed by atoms with Gasteiger partial charge in [-0.3, -0.25) is 19.2 Å². The Morgan fingerprint density at radius 2 is 1.92 bits per heavy atom. The number of thioether (sulfide) groups is 1. The van der Waals surface area contributed by atoms with E-state index in [1.807, 2.05) is 0 Å². The van der Waals surface area contributed by atoms with Crippen LogP contribution in [0.25, 0.3) is 17.0 Å². The topological polar surface area (TPSA) is 94.6 Å². The molecule has 200 valence electrons. The van der Waals surface area contributed by atoms with E-state index in [0.29, 0.717) is 16.5 Å². The summed E-state index contributed by atoms with van der Waals surface area (Å²) in [6.45, 7) is -0.284. The molecule has 0 unspecified atom stereocenters. The number of methoxy groups -OCH3 is 1. The fourth-order valence-electron chi connectivity index (χ4n) is 4.05. The zero-order valence-corrected chi connectivity index (χ0v) is 21.6. The molecule has 4 aromatic rings. The van der Waals surface area contributed by atoms with Crippen molar-refractivity contribution in [1.29, 1.82) is 0 Å². The Kier molecular flexibility index (Phi) is 7.00. The molecule has 1 aliphatic heterocycles. The molecule has 0 atom stereocenters. The normalized spacial score (nSPS) is 15.1. The maximum atomic E-state index is 13.5. The van der Waals surface area contributed by atoms with E-state index < -0.39 is 28.9 Å². The van der Waals surface area contributed by atoms with Crippen LogP contribution in [-0.2, 0) is 28.8 Å². The molecule has 0 spiro atoms. The summed E-state index contributed by atoms with van der Waals surface area (Å²) in [5, 5.41) is 4.36. The van der Waals surface area contributed by atoms with Crippen molar-refractivity contribution in [3.63, 3.8) is 0 Å². The predicted octanol–water partition coefficient (Wildman–Crippen LogP) is 6.37. The van der Waals surface area contributed by atoms with Crippen molar-refractivity contribution in [1.82, 2.24) is 14.7 Å². The van der Waals surface area contributed by atoms with Crippen LogP contribution in [0.4, 0.5) is 18.0 Å². The van der Waals surface area contributed by atoms with Gasteiger partial charge in [0.15, 0.2) is 0 Å². The summed E-state index contributed by atoms with van der Waals surface area (Å²) in [6.07, 6.45) is -1.51. The van der Waals surface area contributed by atoms with Gasteiger partial charge in [0.2, 0.25) is 5.76 Å². The van der Waals surface area contributed by atoms with Crippen molar-refractivity contribution < 1.29 is 36.7 Å². The lowest BCUT2D eigenvalue weighted by atomic mass is 10.1. The zero-order valence-electron chi connectivity index (χ0n) is 20.0. The summed E-state index contributed by atoms with van der Waals surface area (Å²) in [7, 11) is 1.21. The average molecular weight is 576 g/mol. The Labute approximate surface area is 227 Å². The van der Waals surface area contributed by atoms with Crippen LogP contribution in [0.15, 0.2) is 64.1 Å². The number of esters is 1. The van der Waals surface area contributed by atoms with E-state index in [9.17, 15) is 27.6 Å². The number of hydrogen-bond donors (Lipinski definition) is 0. The first kappa shape index (κ1) is 26.6. The molecule has 2 amide bonds. The third kappa shape index (κ3) is 5.43. The lowest BCUT2D eigenvalue weighted by molar-refractivity contribution is -0.138. The van der Waals surface area contributed by atoms with Crippen LogP contribution in [0.3, 0.4) is 0 Å². The number of halogens is 4. The van der Waals surface area contributed by atoms with Gasteiger partial charge < -0.3 is 9.15 Å².